The van der Waals surface area contributed by atoms with E-state index in [4.69, 9.17) is 5.11 Å². The largest absolute Gasteiger partial charge is 0.392 e. The van der Waals surface area contributed by atoms with Crippen LogP contribution in [0.3, 0.4) is 0 Å². The molecule has 0 heterocycles. The maximum Gasteiger partial charge on any atom is 0.292 e. The van der Waals surface area contributed by atoms with Crippen LogP contribution in [0.2, 0.25) is 0 Å². The van der Waals surface area contributed by atoms with E-state index in [0.29, 0.717) is 17.3 Å². The van der Waals surface area contributed by atoms with Crippen molar-refractivity contribution in [2.24, 2.45) is 0 Å². The third-order valence-electron chi connectivity index (χ3n) is 3.06. The standard InChI is InChI=1S/C12H16N2O3/c1-2-13(10-4-5-10)11-6-3-9(8-15)7-12(11)14(16)17/h3,6-7,10,15H,2,4-5,8H2,1H3. The molecule has 0 amide bonds. The summed E-state index contributed by atoms with van der Waals surface area (Å²) in [6, 6.07) is 5.39. The average molecular weight is 236 g/mol. The first-order valence-electron chi connectivity index (χ1n) is 5.82. The van der Waals surface area contributed by atoms with Crippen LogP contribution in [-0.4, -0.2) is 22.6 Å². The van der Waals surface area contributed by atoms with Crippen molar-refractivity contribution in [3.05, 3.63) is 33.9 Å². The molecule has 1 N–H and O–H groups in total. The van der Waals surface area contributed by atoms with Crippen molar-refractivity contribution in [2.75, 3.05) is 11.4 Å². The smallest absolute Gasteiger partial charge is 0.292 e. The number of hydrogen-bond acceptors (Lipinski definition) is 4. The Kier molecular flexibility index (Phi) is 3.28. The lowest BCUT2D eigenvalue weighted by molar-refractivity contribution is -0.384. The molecule has 1 aromatic carbocycles. The van der Waals surface area contributed by atoms with Crippen LogP contribution >= 0.6 is 0 Å². The molecular weight excluding hydrogens is 220 g/mol. The number of nitrogens with zero attached hydrogens (tertiary/aromatic N) is 2. The normalized spacial score (nSPS) is 14.7. The number of anilines is 1. The van der Waals surface area contributed by atoms with E-state index in [2.05, 4.69) is 4.90 Å². The van der Waals surface area contributed by atoms with Crippen LogP contribution in [-0.2, 0) is 6.61 Å². The zero-order valence-corrected chi connectivity index (χ0v) is 9.80. The van der Waals surface area contributed by atoms with Crippen molar-refractivity contribution in [3.63, 3.8) is 0 Å². The number of aliphatic hydroxyl groups is 1. The number of nitro groups is 1. The summed E-state index contributed by atoms with van der Waals surface area (Å²) in [5.41, 5.74) is 1.33. The fraction of sp³-hybridized carbons (Fsp3) is 0.500. The molecule has 1 fully saturated rings. The quantitative estimate of drug-likeness (QED) is 0.627. The zero-order chi connectivity index (χ0) is 12.4. The average Bonchev–Trinajstić information content (AvgIpc) is 3.14. The van der Waals surface area contributed by atoms with Gasteiger partial charge in [-0.3, -0.25) is 10.1 Å². The summed E-state index contributed by atoms with van der Waals surface area (Å²) < 4.78 is 0. The molecule has 0 saturated heterocycles. The van der Waals surface area contributed by atoms with Crippen molar-refractivity contribution in [2.45, 2.75) is 32.4 Å². The van der Waals surface area contributed by atoms with Gasteiger partial charge in [-0.05, 0) is 31.4 Å². The van der Waals surface area contributed by atoms with E-state index in [-0.39, 0.29) is 17.2 Å². The van der Waals surface area contributed by atoms with E-state index < -0.39 is 0 Å². The lowest BCUT2D eigenvalue weighted by Gasteiger charge is -2.22. The molecule has 2 rings (SSSR count). The number of aliphatic hydroxyl groups excluding tert-OH is 1. The molecule has 5 heteroatoms. The van der Waals surface area contributed by atoms with Crippen LogP contribution in [0.1, 0.15) is 25.3 Å². The van der Waals surface area contributed by atoms with Gasteiger partial charge < -0.3 is 10.0 Å². The molecule has 0 aromatic heterocycles. The summed E-state index contributed by atoms with van der Waals surface area (Å²) in [4.78, 5) is 12.7. The van der Waals surface area contributed by atoms with Gasteiger partial charge in [0.05, 0.1) is 11.5 Å². The van der Waals surface area contributed by atoms with E-state index in [1.165, 1.54) is 6.07 Å². The second kappa shape index (κ2) is 4.71. The lowest BCUT2D eigenvalue weighted by atomic mass is 10.1. The van der Waals surface area contributed by atoms with Gasteiger partial charge in [0.2, 0.25) is 0 Å². The second-order valence-electron chi connectivity index (χ2n) is 4.26. The van der Waals surface area contributed by atoms with Gasteiger partial charge in [0, 0.05) is 18.7 Å². The Labute approximate surface area is 99.8 Å². The van der Waals surface area contributed by atoms with Crippen molar-refractivity contribution in [1.29, 1.82) is 0 Å². The SMILES string of the molecule is CCN(c1ccc(CO)cc1[N+](=O)[O-])C1CC1. The third-order valence-corrected chi connectivity index (χ3v) is 3.06. The maximum absolute atomic E-state index is 11.1. The van der Waals surface area contributed by atoms with Gasteiger partial charge >= 0.3 is 0 Å². The van der Waals surface area contributed by atoms with Gasteiger partial charge in [-0.25, -0.2) is 0 Å². The summed E-state index contributed by atoms with van der Waals surface area (Å²) in [6.45, 7) is 2.60. The summed E-state index contributed by atoms with van der Waals surface area (Å²) in [5.74, 6) is 0. The number of benzene rings is 1. The predicted octanol–water partition coefficient (Wildman–Crippen LogP) is 2.08. The summed E-state index contributed by atoms with van der Waals surface area (Å²) >= 11 is 0. The van der Waals surface area contributed by atoms with E-state index in [1.807, 2.05) is 6.92 Å². The highest BCUT2D eigenvalue weighted by Gasteiger charge is 2.31. The highest BCUT2D eigenvalue weighted by Crippen LogP contribution is 2.37. The van der Waals surface area contributed by atoms with Gasteiger partial charge in [-0.2, -0.15) is 0 Å². The molecule has 0 radical (unpaired) electrons. The minimum atomic E-state index is -0.375. The lowest BCUT2D eigenvalue weighted by Crippen LogP contribution is -2.25. The van der Waals surface area contributed by atoms with Crippen molar-refractivity contribution in [1.82, 2.24) is 0 Å². The maximum atomic E-state index is 11.1. The first kappa shape index (κ1) is 11.9. The molecule has 92 valence electrons. The Bertz CT molecular complexity index is 430. The molecule has 1 aliphatic rings. The molecule has 0 unspecified atom stereocenters. The first-order chi connectivity index (χ1) is 8.17. The predicted molar refractivity (Wildman–Crippen MR) is 65.1 cm³/mol. The van der Waals surface area contributed by atoms with Crippen LogP contribution in [0.25, 0.3) is 0 Å². The Morgan fingerprint density at radius 2 is 2.24 bits per heavy atom. The topological polar surface area (TPSA) is 66.6 Å². The Balaban J connectivity index is 2.40. The van der Waals surface area contributed by atoms with Crippen LogP contribution < -0.4 is 4.90 Å². The van der Waals surface area contributed by atoms with Crippen molar-refractivity contribution >= 4 is 11.4 Å². The second-order valence-corrected chi connectivity index (χ2v) is 4.26. The number of rotatable bonds is 5. The molecule has 0 atom stereocenters. The van der Waals surface area contributed by atoms with E-state index in [1.54, 1.807) is 12.1 Å². The molecule has 0 spiro atoms. The van der Waals surface area contributed by atoms with Crippen LogP contribution in [0.5, 0.6) is 0 Å². The van der Waals surface area contributed by atoms with Crippen LogP contribution in [0.15, 0.2) is 18.2 Å². The summed E-state index contributed by atoms with van der Waals surface area (Å²) in [7, 11) is 0. The molecule has 1 aliphatic carbocycles. The molecule has 1 saturated carbocycles. The third kappa shape index (κ3) is 2.39. The first-order valence-corrected chi connectivity index (χ1v) is 5.82. The van der Waals surface area contributed by atoms with E-state index >= 15 is 0 Å². The summed E-state index contributed by atoms with van der Waals surface area (Å²) in [6.07, 6.45) is 2.21. The fourth-order valence-corrected chi connectivity index (χ4v) is 2.07. The molecule has 17 heavy (non-hydrogen) atoms. The Morgan fingerprint density at radius 3 is 2.71 bits per heavy atom. The highest BCUT2D eigenvalue weighted by atomic mass is 16.6. The molecule has 5 nitrogen and oxygen atoms in total. The van der Waals surface area contributed by atoms with Gasteiger partial charge in [-0.15, -0.1) is 0 Å². The monoisotopic (exact) mass is 236 g/mol. The zero-order valence-electron chi connectivity index (χ0n) is 9.80. The van der Waals surface area contributed by atoms with Crippen LogP contribution in [0.4, 0.5) is 11.4 Å². The molecule has 1 aromatic rings. The number of hydrogen-bond donors (Lipinski definition) is 1. The van der Waals surface area contributed by atoms with Gasteiger partial charge in [0.25, 0.3) is 5.69 Å². The van der Waals surface area contributed by atoms with Crippen molar-refractivity contribution < 1.29 is 10.0 Å². The van der Waals surface area contributed by atoms with Gasteiger partial charge in [0.15, 0.2) is 0 Å². The minimum absolute atomic E-state index is 0.0882. The molecule has 0 bridgehead atoms. The Hall–Kier alpha value is -1.62. The van der Waals surface area contributed by atoms with Crippen LogP contribution in [0, 0.1) is 10.1 Å². The fourth-order valence-electron chi connectivity index (χ4n) is 2.07. The number of nitro benzene ring substituents is 1. The Morgan fingerprint density at radius 1 is 1.53 bits per heavy atom. The van der Waals surface area contributed by atoms with E-state index in [0.717, 1.165) is 19.4 Å². The molecule has 0 aliphatic heterocycles. The van der Waals surface area contributed by atoms with Crippen molar-refractivity contribution in [3.8, 4) is 0 Å². The van der Waals surface area contributed by atoms with Gasteiger partial charge in [0.1, 0.15) is 5.69 Å². The van der Waals surface area contributed by atoms with Gasteiger partial charge in [-0.1, -0.05) is 6.07 Å². The van der Waals surface area contributed by atoms with E-state index in [9.17, 15) is 10.1 Å². The summed E-state index contributed by atoms with van der Waals surface area (Å²) in [5, 5.41) is 20.1. The minimum Gasteiger partial charge on any atom is -0.392 e. The molecular formula is C12H16N2O3. The highest BCUT2D eigenvalue weighted by molar-refractivity contribution is 5.65.